The highest BCUT2D eigenvalue weighted by atomic mass is 16.6. The van der Waals surface area contributed by atoms with E-state index in [1.165, 1.54) is 10.9 Å². The van der Waals surface area contributed by atoms with Crippen molar-refractivity contribution < 1.29 is 24.8 Å². The molecule has 11 heteroatoms. The van der Waals surface area contributed by atoms with Crippen molar-refractivity contribution in [3.63, 3.8) is 0 Å². The van der Waals surface area contributed by atoms with Gasteiger partial charge in [0.1, 0.15) is 24.1 Å². The van der Waals surface area contributed by atoms with Crippen LogP contribution in [-0.2, 0) is 4.74 Å². The lowest BCUT2D eigenvalue weighted by atomic mass is 10.1. The van der Waals surface area contributed by atoms with Crippen LogP contribution in [0.2, 0.25) is 0 Å². The van der Waals surface area contributed by atoms with Gasteiger partial charge >= 0.3 is 0 Å². The number of nitrogens with one attached hydrogen (secondary N) is 1. The van der Waals surface area contributed by atoms with Crippen LogP contribution in [0.1, 0.15) is 6.23 Å². The summed E-state index contributed by atoms with van der Waals surface area (Å²) in [4.78, 5) is 12.7. The maximum atomic E-state index is 10.3. The van der Waals surface area contributed by atoms with Gasteiger partial charge in [0.25, 0.3) is 0 Å². The lowest BCUT2D eigenvalue weighted by molar-refractivity contribution is -0.0511. The Bertz CT molecular complexity index is 978. The molecule has 1 aromatic carbocycles. The molecule has 0 amide bonds. The molecule has 11 nitrogen and oxygen atoms in total. The number of nitrogen functional groups attached to an aromatic ring is 1. The Morgan fingerprint density at radius 2 is 1.96 bits per heavy atom. The minimum Gasteiger partial charge on any atom is -0.497 e. The van der Waals surface area contributed by atoms with Crippen LogP contribution in [0.25, 0.3) is 11.2 Å². The number of hydrogen-bond donors (Lipinski definition) is 5. The molecule has 4 atom stereocenters. The minimum atomic E-state index is -1.26. The van der Waals surface area contributed by atoms with Crippen LogP contribution in [0, 0.1) is 0 Å². The zero-order chi connectivity index (χ0) is 19.8. The fraction of sp³-hybridized carbons (Fsp3) is 0.353. The van der Waals surface area contributed by atoms with Gasteiger partial charge in [-0.25, -0.2) is 4.98 Å². The number of benzene rings is 1. The molecule has 3 heterocycles. The topological polar surface area (TPSA) is 161 Å². The van der Waals surface area contributed by atoms with Gasteiger partial charge in [0, 0.05) is 5.69 Å². The van der Waals surface area contributed by atoms with Gasteiger partial charge in [-0.1, -0.05) is 0 Å². The van der Waals surface area contributed by atoms with E-state index in [4.69, 9.17) is 15.2 Å². The molecule has 0 saturated carbocycles. The quantitative estimate of drug-likeness (QED) is 0.395. The Labute approximate surface area is 159 Å². The highest BCUT2D eigenvalue weighted by Crippen LogP contribution is 2.33. The molecule has 4 rings (SSSR count). The largest absolute Gasteiger partial charge is 0.497 e. The first-order valence-corrected chi connectivity index (χ1v) is 8.55. The van der Waals surface area contributed by atoms with Gasteiger partial charge in [-0.15, -0.1) is 0 Å². The van der Waals surface area contributed by atoms with Gasteiger partial charge in [0.05, 0.1) is 20.0 Å². The molecule has 0 spiro atoms. The van der Waals surface area contributed by atoms with Crippen LogP contribution in [0.15, 0.2) is 30.6 Å². The molecule has 0 aliphatic carbocycles. The number of methoxy groups -OCH3 is 1. The number of fused-ring (bicyclic) bond motifs is 1. The Kier molecular flexibility index (Phi) is 4.73. The summed E-state index contributed by atoms with van der Waals surface area (Å²) in [5.41, 5.74) is 7.31. The molecule has 1 aliphatic heterocycles. The van der Waals surface area contributed by atoms with Crippen LogP contribution in [-0.4, -0.2) is 66.9 Å². The SMILES string of the molecule is COc1ccc(Nc2nc(N)nc3c2ncn3[C@@H]2O[C@@H](CO)[C@@H](O)[C@H]2O)cc1. The molecular weight excluding hydrogens is 368 g/mol. The Morgan fingerprint density at radius 3 is 2.61 bits per heavy atom. The predicted molar refractivity (Wildman–Crippen MR) is 99.0 cm³/mol. The van der Waals surface area contributed by atoms with Gasteiger partial charge in [-0.05, 0) is 24.3 Å². The van der Waals surface area contributed by atoms with E-state index in [0.29, 0.717) is 22.7 Å². The van der Waals surface area contributed by atoms with E-state index in [9.17, 15) is 15.3 Å². The number of nitrogens with two attached hydrogens (primary N) is 1. The van der Waals surface area contributed by atoms with Crippen molar-refractivity contribution in [1.82, 2.24) is 19.5 Å². The second-order valence-electron chi connectivity index (χ2n) is 6.34. The first kappa shape index (κ1) is 18.4. The summed E-state index contributed by atoms with van der Waals surface area (Å²) in [6.45, 7) is -0.428. The fourth-order valence-corrected chi connectivity index (χ4v) is 3.13. The number of imidazole rings is 1. The molecule has 6 N–H and O–H groups in total. The maximum Gasteiger partial charge on any atom is 0.224 e. The molecule has 0 unspecified atom stereocenters. The van der Waals surface area contributed by atoms with Crippen LogP contribution in [0.5, 0.6) is 5.75 Å². The Balaban J connectivity index is 1.70. The van der Waals surface area contributed by atoms with Crippen molar-refractivity contribution >= 4 is 28.6 Å². The molecule has 1 fully saturated rings. The number of ether oxygens (including phenoxy) is 2. The van der Waals surface area contributed by atoms with Crippen LogP contribution in [0.4, 0.5) is 17.5 Å². The lowest BCUT2D eigenvalue weighted by Gasteiger charge is -2.16. The molecular formula is C17H20N6O5. The average molecular weight is 388 g/mol. The number of hydrogen-bond acceptors (Lipinski definition) is 10. The predicted octanol–water partition coefficient (Wildman–Crippen LogP) is -0.228. The zero-order valence-electron chi connectivity index (χ0n) is 14.9. The summed E-state index contributed by atoms with van der Waals surface area (Å²) in [7, 11) is 1.58. The monoisotopic (exact) mass is 388 g/mol. The third-order valence-corrected chi connectivity index (χ3v) is 4.58. The van der Waals surface area contributed by atoms with Crippen molar-refractivity contribution in [1.29, 1.82) is 0 Å². The van der Waals surface area contributed by atoms with Crippen molar-refractivity contribution in [2.75, 3.05) is 24.8 Å². The second kappa shape index (κ2) is 7.20. The Hall–Kier alpha value is -2.99. The summed E-state index contributed by atoms with van der Waals surface area (Å²) in [6.07, 6.45) is -2.96. The lowest BCUT2D eigenvalue weighted by Crippen LogP contribution is -2.33. The normalized spacial score (nSPS) is 24.6. The highest BCUT2D eigenvalue weighted by Gasteiger charge is 2.44. The van der Waals surface area contributed by atoms with Gasteiger partial charge < -0.3 is 35.8 Å². The number of aliphatic hydroxyl groups excluding tert-OH is 3. The Morgan fingerprint density at radius 1 is 1.21 bits per heavy atom. The number of aromatic nitrogens is 4. The van der Waals surface area contributed by atoms with Crippen molar-refractivity contribution in [3.05, 3.63) is 30.6 Å². The molecule has 148 valence electrons. The summed E-state index contributed by atoms with van der Waals surface area (Å²) in [5, 5.41) is 32.7. The molecule has 2 aromatic heterocycles. The van der Waals surface area contributed by atoms with E-state index in [1.807, 2.05) is 12.1 Å². The van der Waals surface area contributed by atoms with Crippen LogP contribution < -0.4 is 15.8 Å². The van der Waals surface area contributed by atoms with Gasteiger partial charge in [0.2, 0.25) is 5.95 Å². The van der Waals surface area contributed by atoms with Crippen molar-refractivity contribution in [2.24, 2.45) is 0 Å². The second-order valence-corrected chi connectivity index (χ2v) is 6.34. The van der Waals surface area contributed by atoms with Crippen LogP contribution >= 0.6 is 0 Å². The summed E-state index contributed by atoms with van der Waals surface area (Å²) in [5.74, 6) is 1.08. The fourth-order valence-electron chi connectivity index (χ4n) is 3.13. The summed E-state index contributed by atoms with van der Waals surface area (Å²) in [6, 6.07) is 7.21. The summed E-state index contributed by atoms with van der Waals surface area (Å²) < 4.78 is 12.1. The molecule has 0 radical (unpaired) electrons. The van der Waals surface area contributed by atoms with Gasteiger partial charge in [-0.3, -0.25) is 4.57 Å². The standard InChI is InChI=1S/C17H20N6O5/c1-27-9-4-2-8(3-5-9)20-14-11-15(22-17(18)21-14)23(7-19-11)16-13(26)12(25)10(6-24)28-16/h2-5,7,10,12-13,16,24-26H,6H2,1H3,(H3,18,20,21,22)/t10-,12+,13+,16+/m0/s1. The highest BCUT2D eigenvalue weighted by molar-refractivity contribution is 5.86. The molecule has 0 bridgehead atoms. The minimum absolute atomic E-state index is 0.00277. The van der Waals surface area contributed by atoms with E-state index in [2.05, 4.69) is 20.3 Å². The van der Waals surface area contributed by atoms with E-state index in [0.717, 1.165) is 5.69 Å². The summed E-state index contributed by atoms with van der Waals surface area (Å²) >= 11 is 0. The number of rotatable bonds is 5. The van der Waals surface area contributed by atoms with Gasteiger partial charge in [-0.2, -0.15) is 9.97 Å². The average Bonchev–Trinajstić information content (AvgIpc) is 3.23. The van der Waals surface area contributed by atoms with E-state index in [-0.39, 0.29) is 5.95 Å². The van der Waals surface area contributed by atoms with Gasteiger partial charge in [0.15, 0.2) is 23.2 Å². The first-order valence-electron chi connectivity index (χ1n) is 8.55. The number of nitrogens with zero attached hydrogens (tertiary/aromatic N) is 4. The van der Waals surface area contributed by atoms with Crippen molar-refractivity contribution in [3.8, 4) is 5.75 Å². The molecule has 3 aromatic rings. The molecule has 1 aliphatic rings. The smallest absolute Gasteiger partial charge is 0.224 e. The van der Waals surface area contributed by atoms with E-state index in [1.54, 1.807) is 19.2 Å². The third-order valence-electron chi connectivity index (χ3n) is 4.58. The maximum absolute atomic E-state index is 10.3. The number of aliphatic hydroxyl groups is 3. The zero-order valence-corrected chi connectivity index (χ0v) is 14.9. The first-order chi connectivity index (χ1) is 13.5. The third kappa shape index (κ3) is 3.10. The number of anilines is 3. The molecule has 1 saturated heterocycles. The van der Waals surface area contributed by atoms with E-state index < -0.39 is 31.1 Å². The van der Waals surface area contributed by atoms with E-state index >= 15 is 0 Å². The molecule has 28 heavy (non-hydrogen) atoms. The van der Waals surface area contributed by atoms with Crippen molar-refractivity contribution in [2.45, 2.75) is 24.5 Å². The van der Waals surface area contributed by atoms with Crippen LogP contribution in [0.3, 0.4) is 0 Å².